The normalized spacial score (nSPS) is 10.4. The molecule has 29 heavy (non-hydrogen) atoms. The second kappa shape index (κ2) is 9.10. The van der Waals surface area contributed by atoms with Crippen LogP contribution in [0.3, 0.4) is 0 Å². The van der Waals surface area contributed by atoms with Crippen LogP contribution in [0.15, 0.2) is 54.7 Å². The number of aromatic nitrogens is 2. The summed E-state index contributed by atoms with van der Waals surface area (Å²) >= 11 is 0. The highest BCUT2D eigenvalue weighted by Gasteiger charge is 2.12. The summed E-state index contributed by atoms with van der Waals surface area (Å²) in [6.07, 6.45) is 3.31. The van der Waals surface area contributed by atoms with E-state index in [1.165, 1.54) is 18.1 Å². The van der Waals surface area contributed by atoms with Crippen LogP contribution in [-0.2, 0) is 12.8 Å². The quantitative estimate of drug-likeness (QED) is 0.568. The second-order valence-corrected chi connectivity index (χ2v) is 6.64. The van der Waals surface area contributed by atoms with Crippen molar-refractivity contribution >= 4 is 29.0 Å². The number of ketones is 1. The van der Waals surface area contributed by atoms with Crippen LogP contribution < -0.4 is 10.6 Å². The number of para-hydroxylation sites is 1. The Balaban J connectivity index is 1.82. The highest BCUT2D eigenvalue weighted by molar-refractivity contribution is 6.04. The minimum Gasteiger partial charge on any atom is -0.324 e. The van der Waals surface area contributed by atoms with E-state index >= 15 is 0 Å². The van der Waals surface area contributed by atoms with Crippen molar-refractivity contribution in [1.82, 2.24) is 9.97 Å². The lowest BCUT2D eigenvalue weighted by atomic mass is 10.0. The first-order valence-corrected chi connectivity index (χ1v) is 9.65. The molecule has 2 aromatic carbocycles. The average Bonchev–Trinajstić information content (AvgIpc) is 2.74. The van der Waals surface area contributed by atoms with Crippen LogP contribution in [0, 0.1) is 0 Å². The van der Waals surface area contributed by atoms with Crippen LogP contribution in [0.4, 0.5) is 17.3 Å². The fraction of sp³-hybridized carbons (Fsp3) is 0.217. The van der Waals surface area contributed by atoms with Crippen molar-refractivity contribution in [2.45, 2.75) is 33.6 Å². The van der Waals surface area contributed by atoms with Crippen molar-refractivity contribution in [3.8, 4) is 0 Å². The number of Topliss-reactive ketones (excluding diaryl/α,β-unsaturated/α-hetero) is 1. The summed E-state index contributed by atoms with van der Waals surface area (Å²) in [7, 11) is 0. The third-order valence-corrected chi connectivity index (χ3v) is 4.65. The molecule has 148 valence electrons. The molecule has 2 N–H and O–H groups in total. The smallest absolute Gasteiger partial charge is 0.274 e. The predicted octanol–water partition coefficient (Wildman–Crippen LogP) is 4.80. The topological polar surface area (TPSA) is 84.0 Å². The zero-order valence-corrected chi connectivity index (χ0v) is 16.8. The summed E-state index contributed by atoms with van der Waals surface area (Å²) in [5.74, 6) is -0.0580. The molecule has 1 amide bonds. The van der Waals surface area contributed by atoms with Gasteiger partial charge >= 0.3 is 0 Å². The molecule has 1 aromatic heterocycles. The molecular formula is C23H24N4O2. The van der Waals surface area contributed by atoms with E-state index in [4.69, 9.17) is 0 Å². The number of hydrogen-bond donors (Lipinski definition) is 2. The first-order chi connectivity index (χ1) is 14.0. The van der Waals surface area contributed by atoms with E-state index in [1.807, 2.05) is 6.07 Å². The zero-order valence-electron chi connectivity index (χ0n) is 16.8. The Morgan fingerprint density at radius 3 is 2.31 bits per heavy atom. The second-order valence-electron chi connectivity index (χ2n) is 6.64. The molecule has 0 bridgehead atoms. The van der Waals surface area contributed by atoms with Gasteiger partial charge in [-0.3, -0.25) is 9.59 Å². The molecule has 0 atom stereocenters. The van der Waals surface area contributed by atoms with E-state index < -0.39 is 0 Å². The molecule has 6 nitrogen and oxygen atoms in total. The van der Waals surface area contributed by atoms with Gasteiger partial charge in [0.25, 0.3) is 5.91 Å². The van der Waals surface area contributed by atoms with Gasteiger partial charge < -0.3 is 10.6 Å². The lowest BCUT2D eigenvalue weighted by molar-refractivity contribution is 0.100. The molecular weight excluding hydrogens is 364 g/mol. The molecule has 0 radical (unpaired) electrons. The fourth-order valence-electron chi connectivity index (χ4n) is 3.07. The summed E-state index contributed by atoms with van der Waals surface area (Å²) in [5.41, 5.74) is 4.65. The number of nitrogens with zero attached hydrogens (tertiary/aromatic N) is 2. The first-order valence-electron chi connectivity index (χ1n) is 9.65. The van der Waals surface area contributed by atoms with Crippen LogP contribution in [-0.4, -0.2) is 21.7 Å². The maximum atomic E-state index is 12.6. The van der Waals surface area contributed by atoms with Gasteiger partial charge in [-0.05, 0) is 49.1 Å². The highest BCUT2D eigenvalue weighted by atomic mass is 16.2. The third kappa shape index (κ3) is 4.85. The standard InChI is InChI=1S/C23H24N4O2/c1-4-16-8-6-9-17(5-2)21(16)27-23-24-13-12-20(26-23)22(29)25-19-11-7-10-18(14-19)15(3)28/h6-14H,4-5H2,1-3H3,(H,25,29)(H,24,26,27). The lowest BCUT2D eigenvalue weighted by Gasteiger charge is -2.14. The molecule has 0 aliphatic rings. The predicted molar refractivity (Wildman–Crippen MR) is 115 cm³/mol. The molecule has 6 heteroatoms. The van der Waals surface area contributed by atoms with Gasteiger partial charge in [-0.1, -0.05) is 44.2 Å². The summed E-state index contributed by atoms with van der Waals surface area (Å²) in [6.45, 7) is 5.68. The molecule has 0 aliphatic heterocycles. The van der Waals surface area contributed by atoms with E-state index in [0.717, 1.165) is 18.5 Å². The van der Waals surface area contributed by atoms with Gasteiger partial charge in [0.05, 0.1) is 0 Å². The summed E-state index contributed by atoms with van der Waals surface area (Å²) < 4.78 is 0. The number of hydrogen-bond acceptors (Lipinski definition) is 5. The number of nitrogens with one attached hydrogen (secondary N) is 2. The Labute approximate surface area is 170 Å². The van der Waals surface area contributed by atoms with Gasteiger partial charge in [-0.25, -0.2) is 9.97 Å². The number of benzene rings is 2. The molecule has 0 unspecified atom stereocenters. The van der Waals surface area contributed by atoms with Gasteiger partial charge in [0, 0.05) is 23.1 Å². The third-order valence-electron chi connectivity index (χ3n) is 4.65. The fourth-order valence-corrected chi connectivity index (χ4v) is 3.07. The average molecular weight is 388 g/mol. The molecule has 0 fully saturated rings. The van der Waals surface area contributed by atoms with Gasteiger partial charge in [0.15, 0.2) is 5.78 Å². The Morgan fingerprint density at radius 1 is 0.966 bits per heavy atom. The number of anilines is 3. The van der Waals surface area contributed by atoms with Crippen molar-refractivity contribution in [2.75, 3.05) is 10.6 Å². The molecule has 1 heterocycles. The lowest BCUT2D eigenvalue weighted by Crippen LogP contribution is -2.15. The Bertz CT molecular complexity index is 1020. The van der Waals surface area contributed by atoms with Crippen LogP contribution >= 0.6 is 0 Å². The van der Waals surface area contributed by atoms with E-state index in [2.05, 4.69) is 46.6 Å². The van der Waals surface area contributed by atoms with Crippen molar-refractivity contribution < 1.29 is 9.59 Å². The van der Waals surface area contributed by atoms with Crippen LogP contribution in [0.5, 0.6) is 0 Å². The van der Waals surface area contributed by atoms with E-state index in [-0.39, 0.29) is 17.4 Å². The van der Waals surface area contributed by atoms with Gasteiger partial charge in [-0.15, -0.1) is 0 Å². The molecule has 0 saturated heterocycles. The molecule has 3 aromatic rings. The summed E-state index contributed by atoms with van der Waals surface area (Å²) in [4.78, 5) is 32.8. The van der Waals surface area contributed by atoms with Gasteiger partial charge in [0.1, 0.15) is 5.69 Å². The Morgan fingerprint density at radius 2 is 1.66 bits per heavy atom. The number of carbonyl (C=O) groups is 2. The maximum Gasteiger partial charge on any atom is 0.274 e. The first kappa shape index (κ1) is 20.2. The van der Waals surface area contributed by atoms with Crippen LogP contribution in [0.2, 0.25) is 0 Å². The Kier molecular flexibility index (Phi) is 6.34. The van der Waals surface area contributed by atoms with E-state index in [9.17, 15) is 9.59 Å². The largest absolute Gasteiger partial charge is 0.324 e. The highest BCUT2D eigenvalue weighted by Crippen LogP contribution is 2.25. The monoisotopic (exact) mass is 388 g/mol. The number of rotatable bonds is 7. The number of aryl methyl sites for hydroxylation is 2. The maximum absolute atomic E-state index is 12.6. The number of carbonyl (C=O) groups excluding carboxylic acids is 2. The van der Waals surface area contributed by atoms with Crippen molar-refractivity contribution in [3.05, 3.63) is 77.1 Å². The minimum atomic E-state index is -0.365. The molecule has 0 aliphatic carbocycles. The zero-order chi connectivity index (χ0) is 20.8. The van der Waals surface area contributed by atoms with Crippen molar-refractivity contribution in [1.29, 1.82) is 0 Å². The number of amides is 1. The van der Waals surface area contributed by atoms with Crippen LogP contribution in [0.1, 0.15) is 52.7 Å². The molecule has 3 rings (SSSR count). The minimum absolute atomic E-state index is 0.0593. The van der Waals surface area contributed by atoms with Crippen LogP contribution in [0.25, 0.3) is 0 Å². The van der Waals surface area contributed by atoms with E-state index in [1.54, 1.807) is 36.5 Å². The van der Waals surface area contributed by atoms with E-state index in [0.29, 0.717) is 17.2 Å². The Hall–Kier alpha value is -3.54. The van der Waals surface area contributed by atoms with Crippen molar-refractivity contribution in [3.63, 3.8) is 0 Å². The van der Waals surface area contributed by atoms with Gasteiger partial charge in [-0.2, -0.15) is 0 Å². The van der Waals surface area contributed by atoms with Crippen molar-refractivity contribution in [2.24, 2.45) is 0 Å². The molecule has 0 saturated carbocycles. The summed E-state index contributed by atoms with van der Waals surface area (Å²) in [6, 6.07) is 14.6. The summed E-state index contributed by atoms with van der Waals surface area (Å²) in [5, 5.41) is 6.06. The SMILES string of the molecule is CCc1cccc(CC)c1Nc1nccc(C(=O)Nc2cccc(C(C)=O)c2)n1. The molecule has 0 spiro atoms. The van der Waals surface area contributed by atoms with Gasteiger partial charge in [0.2, 0.25) is 5.95 Å².